The van der Waals surface area contributed by atoms with E-state index >= 15 is 0 Å². The van der Waals surface area contributed by atoms with E-state index in [9.17, 15) is 0 Å². The van der Waals surface area contributed by atoms with Crippen molar-refractivity contribution in [2.24, 2.45) is 5.73 Å². The molecule has 0 amide bonds. The summed E-state index contributed by atoms with van der Waals surface area (Å²) in [6.07, 6.45) is 1.08. The Balaban J connectivity index is 2.04. The molecule has 1 fully saturated rings. The third kappa shape index (κ3) is 3.10. The van der Waals surface area contributed by atoms with E-state index in [-0.39, 0.29) is 6.10 Å². The molecule has 2 rings (SSSR count). The molecule has 2 atom stereocenters. The molecule has 1 saturated heterocycles. The molecule has 2 unspecified atom stereocenters. The van der Waals surface area contributed by atoms with E-state index in [1.807, 2.05) is 13.8 Å². The van der Waals surface area contributed by atoms with Crippen LogP contribution in [-0.2, 0) is 9.47 Å². The SMILES string of the molecule is CC(CCN)c1ccc(C2COC(C)(C)O2)cc1. The largest absolute Gasteiger partial charge is 0.347 e. The molecule has 18 heavy (non-hydrogen) atoms. The second kappa shape index (κ2) is 5.39. The van der Waals surface area contributed by atoms with Gasteiger partial charge in [-0.1, -0.05) is 31.2 Å². The maximum Gasteiger partial charge on any atom is 0.163 e. The van der Waals surface area contributed by atoms with Crippen LogP contribution in [0.15, 0.2) is 24.3 Å². The number of rotatable bonds is 4. The van der Waals surface area contributed by atoms with Crippen molar-refractivity contribution >= 4 is 0 Å². The zero-order valence-electron chi connectivity index (χ0n) is 11.5. The molecule has 3 heteroatoms. The van der Waals surface area contributed by atoms with Crippen molar-refractivity contribution in [3.8, 4) is 0 Å². The standard InChI is InChI=1S/C15H23NO2/c1-11(8-9-16)12-4-6-13(7-5-12)14-10-17-15(2,3)18-14/h4-7,11,14H,8-10,16H2,1-3H3. The van der Waals surface area contributed by atoms with Gasteiger partial charge in [-0.25, -0.2) is 0 Å². The highest BCUT2D eigenvalue weighted by molar-refractivity contribution is 5.27. The van der Waals surface area contributed by atoms with Crippen LogP contribution in [0.2, 0.25) is 0 Å². The van der Waals surface area contributed by atoms with Crippen molar-refractivity contribution in [3.05, 3.63) is 35.4 Å². The molecular formula is C15H23NO2. The van der Waals surface area contributed by atoms with Crippen LogP contribution in [0.4, 0.5) is 0 Å². The fourth-order valence-electron chi connectivity index (χ4n) is 2.31. The molecule has 1 aromatic carbocycles. The van der Waals surface area contributed by atoms with Gasteiger partial charge in [0.25, 0.3) is 0 Å². The first-order chi connectivity index (χ1) is 8.52. The molecular weight excluding hydrogens is 226 g/mol. The third-order valence-electron chi connectivity index (χ3n) is 3.49. The molecule has 0 bridgehead atoms. The van der Waals surface area contributed by atoms with Crippen LogP contribution in [0.5, 0.6) is 0 Å². The van der Waals surface area contributed by atoms with Gasteiger partial charge in [-0.05, 0) is 43.9 Å². The number of ether oxygens (including phenoxy) is 2. The van der Waals surface area contributed by atoms with E-state index in [0.29, 0.717) is 12.5 Å². The first-order valence-electron chi connectivity index (χ1n) is 6.63. The average molecular weight is 249 g/mol. The van der Waals surface area contributed by atoms with Gasteiger partial charge in [-0.3, -0.25) is 0 Å². The molecule has 1 aliphatic heterocycles. The minimum absolute atomic E-state index is 0.0545. The van der Waals surface area contributed by atoms with E-state index in [1.54, 1.807) is 0 Å². The summed E-state index contributed by atoms with van der Waals surface area (Å²) in [6, 6.07) is 8.62. The fourth-order valence-corrected chi connectivity index (χ4v) is 2.31. The summed E-state index contributed by atoms with van der Waals surface area (Å²) in [4.78, 5) is 0. The van der Waals surface area contributed by atoms with Gasteiger partial charge < -0.3 is 15.2 Å². The highest BCUT2D eigenvalue weighted by atomic mass is 16.7. The molecule has 3 nitrogen and oxygen atoms in total. The monoisotopic (exact) mass is 249 g/mol. The Hall–Kier alpha value is -0.900. The molecule has 1 aromatic rings. The highest BCUT2D eigenvalue weighted by Gasteiger charge is 2.33. The van der Waals surface area contributed by atoms with Crippen molar-refractivity contribution in [3.63, 3.8) is 0 Å². The Morgan fingerprint density at radius 2 is 2.00 bits per heavy atom. The Bertz CT molecular complexity index is 386. The smallest absolute Gasteiger partial charge is 0.163 e. The molecule has 1 heterocycles. The number of hydrogen-bond donors (Lipinski definition) is 1. The van der Waals surface area contributed by atoms with Gasteiger partial charge in [0.1, 0.15) is 6.10 Å². The molecule has 0 saturated carbocycles. The van der Waals surface area contributed by atoms with E-state index in [0.717, 1.165) is 13.0 Å². The summed E-state index contributed by atoms with van der Waals surface area (Å²) >= 11 is 0. The predicted octanol–water partition coefficient (Wildman–Crippen LogP) is 2.96. The molecule has 0 aliphatic carbocycles. The quantitative estimate of drug-likeness (QED) is 0.892. The van der Waals surface area contributed by atoms with E-state index in [4.69, 9.17) is 15.2 Å². The Morgan fingerprint density at radius 3 is 2.50 bits per heavy atom. The van der Waals surface area contributed by atoms with Crippen LogP contribution in [0.3, 0.4) is 0 Å². The second-order valence-corrected chi connectivity index (χ2v) is 5.46. The van der Waals surface area contributed by atoms with Gasteiger partial charge in [-0.2, -0.15) is 0 Å². The van der Waals surface area contributed by atoms with E-state index in [2.05, 4.69) is 31.2 Å². The topological polar surface area (TPSA) is 44.5 Å². The van der Waals surface area contributed by atoms with Gasteiger partial charge >= 0.3 is 0 Å². The van der Waals surface area contributed by atoms with Gasteiger partial charge in [-0.15, -0.1) is 0 Å². The van der Waals surface area contributed by atoms with Crippen molar-refractivity contribution in [1.29, 1.82) is 0 Å². The molecule has 100 valence electrons. The summed E-state index contributed by atoms with van der Waals surface area (Å²) in [7, 11) is 0. The maximum atomic E-state index is 5.84. The van der Waals surface area contributed by atoms with Gasteiger partial charge in [0.2, 0.25) is 0 Å². The lowest BCUT2D eigenvalue weighted by Crippen LogP contribution is -2.19. The fraction of sp³-hybridized carbons (Fsp3) is 0.600. The zero-order valence-corrected chi connectivity index (χ0v) is 11.5. The summed E-state index contributed by atoms with van der Waals surface area (Å²) < 4.78 is 11.4. The Morgan fingerprint density at radius 1 is 1.33 bits per heavy atom. The molecule has 0 aromatic heterocycles. The summed E-state index contributed by atoms with van der Waals surface area (Å²) in [6.45, 7) is 7.47. The van der Waals surface area contributed by atoms with Crippen LogP contribution in [-0.4, -0.2) is 18.9 Å². The van der Waals surface area contributed by atoms with Crippen molar-refractivity contribution in [2.75, 3.05) is 13.2 Å². The number of hydrogen-bond acceptors (Lipinski definition) is 3. The Kier molecular flexibility index (Phi) is 4.05. The van der Waals surface area contributed by atoms with Gasteiger partial charge in [0, 0.05) is 0 Å². The maximum absolute atomic E-state index is 5.84. The minimum Gasteiger partial charge on any atom is -0.347 e. The molecule has 2 N–H and O–H groups in total. The van der Waals surface area contributed by atoms with Crippen LogP contribution in [0.1, 0.15) is 50.3 Å². The van der Waals surface area contributed by atoms with E-state index in [1.165, 1.54) is 11.1 Å². The predicted molar refractivity (Wildman–Crippen MR) is 72.4 cm³/mol. The minimum atomic E-state index is -0.462. The molecule has 1 aliphatic rings. The summed E-state index contributed by atoms with van der Waals surface area (Å²) in [5.41, 5.74) is 8.11. The summed E-state index contributed by atoms with van der Waals surface area (Å²) in [5.74, 6) is 0.0529. The first-order valence-corrected chi connectivity index (χ1v) is 6.63. The normalized spacial score (nSPS) is 24.1. The van der Waals surface area contributed by atoms with Gasteiger partial charge in [0.15, 0.2) is 5.79 Å². The lowest BCUT2D eigenvalue weighted by atomic mass is 9.96. The van der Waals surface area contributed by atoms with Crippen LogP contribution in [0, 0.1) is 0 Å². The van der Waals surface area contributed by atoms with Gasteiger partial charge in [0.05, 0.1) is 6.61 Å². The Labute approximate surface area is 109 Å². The van der Waals surface area contributed by atoms with Crippen LogP contribution in [0.25, 0.3) is 0 Å². The third-order valence-corrected chi connectivity index (χ3v) is 3.49. The number of nitrogens with two attached hydrogens (primary N) is 1. The lowest BCUT2D eigenvalue weighted by Gasteiger charge is -2.17. The van der Waals surface area contributed by atoms with Crippen molar-refractivity contribution in [1.82, 2.24) is 0 Å². The van der Waals surface area contributed by atoms with Crippen molar-refractivity contribution in [2.45, 2.75) is 45.0 Å². The lowest BCUT2D eigenvalue weighted by molar-refractivity contribution is -0.139. The summed E-state index contributed by atoms with van der Waals surface area (Å²) in [5, 5.41) is 0. The second-order valence-electron chi connectivity index (χ2n) is 5.46. The molecule has 0 spiro atoms. The first kappa shape index (κ1) is 13.5. The zero-order chi connectivity index (χ0) is 13.2. The van der Waals surface area contributed by atoms with E-state index < -0.39 is 5.79 Å². The average Bonchev–Trinajstić information content (AvgIpc) is 2.70. The number of benzene rings is 1. The van der Waals surface area contributed by atoms with Crippen LogP contribution < -0.4 is 5.73 Å². The molecule has 0 radical (unpaired) electrons. The highest BCUT2D eigenvalue weighted by Crippen LogP contribution is 2.33. The van der Waals surface area contributed by atoms with Crippen molar-refractivity contribution < 1.29 is 9.47 Å². The van der Waals surface area contributed by atoms with Crippen LogP contribution >= 0.6 is 0 Å².